The second-order valence-corrected chi connectivity index (χ2v) is 4.77. The molecule has 2 nitrogen and oxygen atoms in total. The van der Waals surface area contributed by atoms with Crippen LogP contribution in [0, 0.1) is 0 Å². The summed E-state index contributed by atoms with van der Waals surface area (Å²) in [6.45, 7) is 0.360. The van der Waals surface area contributed by atoms with E-state index in [1.54, 1.807) is 24.3 Å². The van der Waals surface area contributed by atoms with E-state index in [1.165, 1.54) is 0 Å². The zero-order chi connectivity index (χ0) is 15.3. The van der Waals surface area contributed by atoms with Gasteiger partial charge in [-0.15, -0.1) is 12.4 Å². The van der Waals surface area contributed by atoms with Crippen molar-refractivity contribution < 1.29 is 17.9 Å². The lowest BCUT2D eigenvalue weighted by Gasteiger charge is -2.15. The average Bonchev–Trinajstić information content (AvgIpc) is 2.45. The highest BCUT2D eigenvalue weighted by Gasteiger charge is 2.30. The summed E-state index contributed by atoms with van der Waals surface area (Å²) in [5.74, 6) is 0.508. The summed E-state index contributed by atoms with van der Waals surface area (Å²) >= 11 is 0. The normalized spacial score (nSPS) is 12.4. The summed E-state index contributed by atoms with van der Waals surface area (Å²) in [7, 11) is 0. The summed E-state index contributed by atoms with van der Waals surface area (Å²) in [6.07, 6.45) is -5.32. The number of alkyl halides is 3. The Kier molecular flexibility index (Phi) is 6.71. The Labute approximate surface area is 133 Å². The van der Waals surface area contributed by atoms with Crippen LogP contribution in [0.15, 0.2) is 54.6 Å². The van der Waals surface area contributed by atoms with E-state index in [1.807, 2.05) is 30.3 Å². The topological polar surface area (TPSA) is 35.2 Å². The van der Waals surface area contributed by atoms with Gasteiger partial charge in [0.15, 0.2) is 0 Å². The standard InChI is InChI=1S/C16H16F3NO.ClH/c17-16(18,19)10-15(20)13-7-4-8-14(9-13)21-11-12-5-2-1-3-6-12;/h1-9,15H,10-11,20H2;1H/t15-;/m1./s1. The minimum absolute atomic E-state index is 0. The molecule has 22 heavy (non-hydrogen) atoms. The SMILES string of the molecule is Cl.N[C@H](CC(F)(F)F)c1cccc(OCc2ccccc2)c1. The molecule has 0 radical (unpaired) electrons. The van der Waals surface area contributed by atoms with Crippen molar-refractivity contribution in [2.24, 2.45) is 5.73 Å². The lowest BCUT2D eigenvalue weighted by molar-refractivity contribution is -0.138. The van der Waals surface area contributed by atoms with E-state index >= 15 is 0 Å². The van der Waals surface area contributed by atoms with Crippen molar-refractivity contribution in [3.05, 3.63) is 65.7 Å². The summed E-state index contributed by atoms with van der Waals surface area (Å²) in [5.41, 5.74) is 6.98. The largest absolute Gasteiger partial charge is 0.489 e. The Morgan fingerprint density at radius 2 is 1.68 bits per heavy atom. The van der Waals surface area contributed by atoms with Crippen LogP contribution in [0.3, 0.4) is 0 Å². The number of rotatable bonds is 5. The molecule has 1 atom stereocenters. The first-order chi connectivity index (χ1) is 9.94. The van der Waals surface area contributed by atoms with Crippen molar-refractivity contribution in [2.45, 2.75) is 25.2 Å². The van der Waals surface area contributed by atoms with Gasteiger partial charge in [0, 0.05) is 6.04 Å². The third kappa shape index (κ3) is 5.95. The zero-order valence-electron chi connectivity index (χ0n) is 11.7. The van der Waals surface area contributed by atoms with E-state index in [-0.39, 0.29) is 12.4 Å². The molecule has 0 unspecified atom stereocenters. The van der Waals surface area contributed by atoms with Crippen molar-refractivity contribution in [1.82, 2.24) is 0 Å². The van der Waals surface area contributed by atoms with Crippen LogP contribution in [0.4, 0.5) is 13.2 Å². The zero-order valence-corrected chi connectivity index (χ0v) is 12.5. The molecule has 0 fully saturated rings. The van der Waals surface area contributed by atoms with Gasteiger partial charge in [0.1, 0.15) is 12.4 Å². The van der Waals surface area contributed by atoms with E-state index in [0.29, 0.717) is 17.9 Å². The molecule has 0 aliphatic carbocycles. The van der Waals surface area contributed by atoms with Gasteiger partial charge in [0.2, 0.25) is 0 Å². The molecular weight excluding hydrogens is 315 g/mol. The van der Waals surface area contributed by atoms with Crippen molar-refractivity contribution in [2.75, 3.05) is 0 Å². The van der Waals surface area contributed by atoms with E-state index in [4.69, 9.17) is 10.5 Å². The second kappa shape index (κ2) is 8.06. The van der Waals surface area contributed by atoms with Crippen LogP contribution in [-0.2, 0) is 6.61 Å². The minimum Gasteiger partial charge on any atom is -0.489 e. The van der Waals surface area contributed by atoms with Gasteiger partial charge >= 0.3 is 6.18 Å². The molecule has 0 spiro atoms. The van der Waals surface area contributed by atoms with Gasteiger partial charge < -0.3 is 10.5 Å². The van der Waals surface area contributed by atoms with Crippen LogP contribution >= 0.6 is 12.4 Å². The smallest absolute Gasteiger partial charge is 0.390 e. The fourth-order valence-electron chi connectivity index (χ4n) is 1.94. The molecule has 6 heteroatoms. The monoisotopic (exact) mass is 331 g/mol. The summed E-state index contributed by atoms with van der Waals surface area (Å²) in [6, 6.07) is 14.9. The Balaban J connectivity index is 0.00000242. The van der Waals surface area contributed by atoms with Gasteiger partial charge in [0.05, 0.1) is 6.42 Å². The van der Waals surface area contributed by atoms with Crippen LogP contribution in [0.2, 0.25) is 0 Å². The van der Waals surface area contributed by atoms with Crippen LogP contribution in [-0.4, -0.2) is 6.18 Å². The van der Waals surface area contributed by atoms with Crippen molar-refractivity contribution in [3.63, 3.8) is 0 Å². The number of hydrogen-bond donors (Lipinski definition) is 1. The molecule has 2 aromatic carbocycles. The highest BCUT2D eigenvalue weighted by molar-refractivity contribution is 5.85. The maximum Gasteiger partial charge on any atom is 0.390 e. The predicted molar refractivity (Wildman–Crippen MR) is 82.1 cm³/mol. The van der Waals surface area contributed by atoms with Gasteiger partial charge in [-0.3, -0.25) is 0 Å². The van der Waals surface area contributed by atoms with Crippen molar-refractivity contribution >= 4 is 12.4 Å². The number of halogens is 4. The molecule has 0 aromatic heterocycles. The first-order valence-corrected chi connectivity index (χ1v) is 6.53. The van der Waals surface area contributed by atoms with E-state index in [9.17, 15) is 13.2 Å². The summed E-state index contributed by atoms with van der Waals surface area (Å²) < 4.78 is 42.6. The molecule has 0 aliphatic rings. The number of hydrogen-bond acceptors (Lipinski definition) is 2. The first-order valence-electron chi connectivity index (χ1n) is 6.53. The molecule has 0 heterocycles. The van der Waals surface area contributed by atoms with Crippen LogP contribution in [0.25, 0.3) is 0 Å². The maximum absolute atomic E-state index is 12.4. The minimum atomic E-state index is -4.28. The first kappa shape index (κ1) is 18.3. The lowest BCUT2D eigenvalue weighted by Crippen LogP contribution is -2.20. The van der Waals surface area contributed by atoms with Crippen molar-refractivity contribution in [3.8, 4) is 5.75 Å². The number of ether oxygens (including phenoxy) is 1. The quantitative estimate of drug-likeness (QED) is 0.866. The molecule has 0 amide bonds. The Bertz CT molecular complexity index is 575. The van der Waals surface area contributed by atoms with Gasteiger partial charge in [-0.05, 0) is 23.3 Å². The Morgan fingerprint density at radius 1 is 1.00 bits per heavy atom. The van der Waals surface area contributed by atoms with Gasteiger partial charge in [0.25, 0.3) is 0 Å². The lowest BCUT2D eigenvalue weighted by atomic mass is 10.0. The number of nitrogens with two attached hydrogens (primary N) is 1. The highest BCUT2D eigenvalue weighted by atomic mass is 35.5. The van der Waals surface area contributed by atoms with Gasteiger partial charge in [-0.1, -0.05) is 42.5 Å². The van der Waals surface area contributed by atoms with Crippen LogP contribution in [0.1, 0.15) is 23.6 Å². The molecule has 0 aliphatic heterocycles. The van der Waals surface area contributed by atoms with Gasteiger partial charge in [-0.25, -0.2) is 0 Å². The van der Waals surface area contributed by atoms with Crippen LogP contribution in [0.5, 0.6) is 5.75 Å². The molecule has 2 N–H and O–H groups in total. The van der Waals surface area contributed by atoms with Gasteiger partial charge in [-0.2, -0.15) is 13.2 Å². The fraction of sp³-hybridized carbons (Fsp3) is 0.250. The number of benzene rings is 2. The molecule has 0 bridgehead atoms. The molecule has 120 valence electrons. The molecule has 0 saturated carbocycles. The van der Waals surface area contributed by atoms with E-state index < -0.39 is 18.6 Å². The summed E-state index contributed by atoms with van der Waals surface area (Å²) in [4.78, 5) is 0. The van der Waals surface area contributed by atoms with E-state index in [0.717, 1.165) is 5.56 Å². The summed E-state index contributed by atoms with van der Waals surface area (Å²) in [5, 5.41) is 0. The fourth-order valence-corrected chi connectivity index (χ4v) is 1.94. The Morgan fingerprint density at radius 3 is 2.32 bits per heavy atom. The van der Waals surface area contributed by atoms with Crippen molar-refractivity contribution in [1.29, 1.82) is 0 Å². The molecule has 0 saturated heterocycles. The third-order valence-corrected chi connectivity index (χ3v) is 2.99. The molecule has 2 aromatic rings. The molecular formula is C16H17ClF3NO. The third-order valence-electron chi connectivity index (χ3n) is 2.99. The molecule has 2 rings (SSSR count). The van der Waals surface area contributed by atoms with Crippen LogP contribution < -0.4 is 10.5 Å². The highest BCUT2D eigenvalue weighted by Crippen LogP contribution is 2.29. The predicted octanol–water partition coefficient (Wildman–Crippen LogP) is 4.64. The maximum atomic E-state index is 12.4. The average molecular weight is 332 g/mol. The van der Waals surface area contributed by atoms with E-state index in [2.05, 4.69) is 0 Å². The Hall–Kier alpha value is -1.72. The second-order valence-electron chi connectivity index (χ2n) is 4.77.